The number of esters is 1. The molecule has 0 saturated carbocycles. The highest BCUT2D eigenvalue weighted by atomic mass is 16.5. The number of nitrogens with two attached hydrogens (primary N) is 1. The fraction of sp³-hybridized carbons (Fsp3) is 0.261. The predicted octanol–water partition coefficient (Wildman–Crippen LogP) is 4.13. The lowest BCUT2D eigenvalue weighted by molar-refractivity contribution is 0.0338. The zero-order valence-electron chi connectivity index (χ0n) is 17.9. The Morgan fingerprint density at radius 2 is 1.74 bits per heavy atom. The largest absolute Gasteiger partial charge is 0.493 e. The normalized spacial score (nSPS) is 12.1. The molecule has 0 spiro atoms. The number of hydrogen-bond acceptors (Lipinski definition) is 7. The van der Waals surface area contributed by atoms with Crippen molar-refractivity contribution in [3.63, 3.8) is 0 Å². The molecule has 160 valence electrons. The van der Waals surface area contributed by atoms with Crippen molar-refractivity contribution >= 4 is 34.0 Å². The van der Waals surface area contributed by atoms with Gasteiger partial charge >= 0.3 is 5.97 Å². The van der Waals surface area contributed by atoms with Gasteiger partial charge in [-0.05, 0) is 37.6 Å². The fourth-order valence-corrected chi connectivity index (χ4v) is 3.41. The third kappa shape index (κ3) is 3.50. The zero-order valence-corrected chi connectivity index (χ0v) is 17.9. The number of nitrogen functional groups attached to an aromatic ring is 1. The van der Waals surface area contributed by atoms with Crippen LogP contribution in [0.1, 0.15) is 30.6 Å². The molecule has 4 aromatic rings. The Labute approximate surface area is 179 Å². The van der Waals surface area contributed by atoms with Crippen molar-refractivity contribution < 1.29 is 19.0 Å². The summed E-state index contributed by atoms with van der Waals surface area (Å²) in [5, 5.41) is 0. The third-order valence-corrected chi connectivity index (χ3v) is 5.21. The number of carbonyl (C=O) groups is 1. The van der Waals surface area contributed by atoms with Gasteiger partial charge in [-0.2, -0.15) is 0 Å². The van der Waals surface area contributed by atoms with Crippen LogP contribution in [0.5, 0.6) is 11.5 Å². The maximum absolute atomic E-state index is 13.0. The molecule has 0 bridgehead atoms. The van der Waals surface area contributed by atoms with Gasteiger partial charge < -0.3 is 19.9 Å². The summed E-state index contributed by atoms with van der Waals surface area (Å²) < 4.78 is 18.0. The highest BCUT2D eigenvalue weighted by Crippen LogP contribution is 2.35. The van der Waals surface area contributed by atoms with E-state index in [0.717, 1.165) is 0 Å². The van der Waals surface area contributed by atoms with Gasteiger partial charge in [0, 0.05) is 6.07 Å². The maximum atomic E-state index is 13.0. The van der Waals surface area contributed by atoms with Crippen molar-refractivity contribution in [2.75, 3.05) is 20.0 Å². The first-order valence-electron chi connectivity index (χ1n) is 9.98. The smallest absolute Gasteiger partial charge is 0.344 e. The minimum atomic E-state index is -0.527. The Kier molecular flexibility index (Phi) is 5.37. The molecule has 2 heterocycles. The molecular weight excluding hydrogens is 396 g/mol. The molecule has 0 radical (unpaired) electrons. The molecule has 0 unspecified atom stereocenters. The van der Waals surface area contributed by atoms with Crippen LogP contribution in [-0.2, 0) is 4.74 Å². The van der Waals surface area contributed by atoms with Gasteiger partial charge in [-0.1, -0.05) is 19.1 Å². The molecule has 4 rings (SSSR count). The van der Waals surface area contributed by atoms with Crippen molar-refractivity contribution in [3.05, 3.63) is 48.0 Å². The van der Waals surface area contributed by atoms with E-state index < -0.39 is 5.97 Å². The summed E-state index contributed by atoms with van der Waals surface area (Å²) in [4.78, 5) is 22.5. The number of anilines is 1. The lowest BCUT2D eigenvalue weighted by Gasteiger charge is -2.13. The van der Waals surface area contributed by atoms with E-state index in [9.17, 15) is 4.79 Å². The van der Waals surface area contributed by atoms with Crippen LogP contribution < -0.4 is 15.2 Å². The molecule has 0 amide bonds. The highest BCUT2D eigenvalue weighted by molar-refractivity contribution is 6.09. The molecule has 2 N–H and O–H groups in total. The molecular formula is C23H24N4O4. The van der Waals surface area contributed by atoms with Gasteiger partial charge in [0.15, 0.2) is 17.1 Å². The molecule has 0 aliphatic carbocycles. The first kappa shape index (κ1) is 20.5. The van der Waals surface area contributed by atoms with Crippen LogP contribution in [0.25, 0.3) is 27.9 Å². The van der Waals surface area contributed by atoms with E-state index in [1.54, 1.807) is 30.9 Å². The second-order valence-electron chi connectivity index (χ2n) is 7.14. The monoisotopic (exact) mass is 420 g/mol. The number of ether oxygens (including phenoxy) is 3. The number of benzene rings is 2. The third-order valence-electron chi connectivity index (χ3n) is 5.21. The Hall–Kier alpha value is -3.81. The van der Waals surface area contributed by atoms with Crippen molar-refractivity contribution in [1.29, 1.82) is 0 Å². The first-order chi connectivity index (χ1) is 15.0. The summed E-state index contributed by atoms with van der Waals surface area (Å²) >= 11 is 0. The van der Waals surface area contributed by atoms with Crippen LogP contribution in [0.15, 0.2) is 42.5 Å². The number of methoxy groups -OCH3 is 2. The quantitative estimate of drug-likeness (QED) is 0.468. The Morgan fingerprint density at radius 1 is 1.06 bits per heavy atom. The molecule has 0 aliphatic rings. The van der Waals surface area contributed by atoms with Crippen LogP contribution in [-0.4, -0.2) is 40.8 Å². The predicted molar refractivity (Wildman–Crippen MR) is 119 cm³/mol. The number of para-hydroxylation sites is 2. The number of rotatable bonds is 6. The van der Waals surface area contributed by atoms with Crippen molar-refractivity contribution in [2.24, 2.45) is 0 Å². The number of aromatic nitrogens is 3. The average molecular weight is 420 g/mol. The zero-order chi connectivity index (χ0) is 22.1. The molecule has 2 aromatic heterocycles. The second-order valence-corrected chi connectivity index (χ2v) is 7.14. The summed E-state index contributed by atoms with van der Waals surface area (Å²) in [6, 6.07) is 12.8. The van der Waals surface area contributed by atoms with Gasteiger partial charge in [0.05, 0.1) is 37.0 Å². The van der Waals surface area contributed by atoms with Gasteiger partial charge in [-0.3, -0.25) is 4.57 Å². The van der Waals surface area contributed by atoms with Crippen molar-refractivity contribution in [2.45, 2.75) is 26.4 Å². The summed E-state index contributed by atoms with van der Waals surface area (Å²) in [6.07, 6.45) is 0.439. The van der Waals surface area contributed by atoms with Crippen LogP contribution in [0.3, 0.4) is 0 Å². The fourth-order valence-electron chi connectivity index (χ4n) is 3.41. The first-order valence-corrected chi connectivity index (χ1v) is 9.98. The molecule has 0 aliphatic heterocycles. The van der Waals surface area contributed by atoms with E-state index >= 15 is 0 Å². The van der Waals surface area contributed by atoms with Gasteiger partial charge in [0.25, 0.3) is 0 Å². The maximum Gasteiger partial charge on any atom is 0.344 e. The average Bonchev–Trinajstić information content (AvgIpc) is 3.07. The molecule has 31 heavy (non-hydrogen) atoms. The number of nitrogens with zero attached hydrogens (tertiary/aromatic N) is 3. The second kappa shape index (κ2) is 8.14. The minimum absolute atomic E-state index is 0.198. The lowest BCUT2D eigenvalue weighted by atomic mass is 10.2. The molecule has 0 saturated heterocycles. The Morgan fingerprint density at radius 3 is 2.39 bits per heavy atom. The summed E-state index contributed by atoms with van der Waals surface area (Å²) in [6.45, 7) is 3.78. The Bertz CT molecular complexity index is 1280. The van der Waals surface area contributed by atoms with Gasteiger partial charge in [0.2, 0.25) is 0 Å². The lowest BCUT2D eigenvalue weighted by Crippen LogP contribution is -2.15. The van der Waals surface area contributed by atoms with E-state index in [-0.39, 0.29) is 17.5 Å². The van der Waals surface area contributed by atoms with E-state index in [2.05, 4.69) is 0 Å². The standard InChI is InChI=1S/C23H24N4O4/c1-5-13(2)31-23(28)19-20-22(26-16-9-7-6-8-15(16)25-20)27(21(19)24)14-10-11-17(29-3)18(12-14)30-4/h6-13H,5,24H2,1-4H3/t13-/m0/s1. The molecule has 8 heteroatoms. The van der Waals surface area contributed by atoms with Crippen LogP contribution >= 0.6 is 0 Å². The van der Waals surface area contributed by atoms with Gasteiger partial charge in [-0.25, -0.2) is 14.8 Å². The van der Waals surface area contributed by atoms with Gasteiger partial charge in [-0.15, -0.1) is 0 Å². The van der Waals surface area contributed by atoms with E-state index in [0.29, 0.717) is 45.8 Å². The Balaban J connectivity index is 2.02. The number of carbonyl (C=O) groups excluding carboxylic acids is 1. The number of fused-ring (bicyclic) bond motifs is 2. The van der Waals surface area contributed by atoms with Crippen LogP contribution in [0.4, 0.5) is 5.82 Å². The van der Waals surface area contributed by atoms with Crippen molar-refractivity contribution in [3.8, 4) is 17.2 Å². The summed E-state index contributed by atoms with van der Waals surface area (Å²) in [5.41, 5.74) is 9.56. The summed E-state index contributed by atoms with van der Waals surface area (Å²) in [7, 11) is 3.12. The summed E-state index contributed by atoms with van der Waals surface area (Å²) in [5.74, 6) is 0.777. The number of hydrogen-bond donors (Lipinski definition) is 1. The minimum Gasteiger partial charge on any atom is -0.493 e. The topological polar surface area (TPSA) is 101 Å². The highest BCUT2D eigenvalue weighted by Gasteiger charge is 2.27. The molecule has 0 fully saturated rings. The van der Waals surface area contributed by atoms with Crippen molar-refractivity contribution in [1.82, 2.24) is 14.5 Å². The van der Waals surface area contributed by atoms with Crippen LogP contribution in [0, 0.1) is 0 Å². The molecule has 1 atom stereocenters. The van der Waals surface area contributed by atoms with E-state index in [1.807, 2.05) is 44.2 Å². The molecule has 8 nitrogen and oxygen atoms in total. The molecule has 2 aromatic carbocycles. The SMILES string of the molecule is CC[C@H](C)OC(=O)c1c(N)n(-c2ccc(OC)c(OC)c2)c2nc3ccccc3nc12. The van der Waals surface area contributed by atoms with Gasteiger partial charge in [0.1, 0.15) is 16.9 Å². The van der Waals surface area contributed by atoms with E-state index in [4.69, 9.17) is 29.9 Å². The van der Waals surface area contributed by atoms with Crippen LogP contribution in [0.2, 0.25) is 0 Å². The van der Waals surface area contributed by atoms with E-state index in [1.165, 1.54) is 0 Å².